The first-order valence-electron chi connectivity index (χ1n) is 5.68. The van der Waals surface area contributed by atoms with Crippen LogP contribution in [0.5, 0.6) is 0 Å². The molecule has 1 fully saturated rings. The van der Waals surface area contributed by atoms with Crippen LogP contribution in [0.1, 0.15) is 28.9 Å². The summed E-state index contributed by atoms with van der Waals surface area (Å²) in [5.41, 5.74) is 1.58. The van der Waals surface area contributed by atoms with E-state index < -0.39 is 0 Å². The Morgan fingerprint density at radius 2 is 2.41 bits per heavy atom. The Balaban J connectivity index is 0.00000144. The molecule has 0 spiro atoms. The molecule has 0 radical (unpaired) electrons. The van der Waals surface area contributed by atoms with Gasteiger partial charge in [0.2, 0.25) is 0 Å². The third kappa shape index (κ3) is 3.20. The number of nitrogens with one attached hydrogen (secondary N) is 2. The number of carbonyl (C=O) groups is 1. The van der Waals surface area contributed by atoms with Crippen molar-refractivity contribution in [2.24, 2.45) is 7.05 Å². The Bertz CT molecular complexity index is 385. The molecule has 1 amide bonds. The van der Waals surface area contributed by atoms with Crippen molar-refractivity contribution in [3.05, 3.63) is 17.5 Å². The van der Waals surface area contributed by atoms with Crippen molar-refractivity contribution in [3.8, 4) is 0 Å². The predicted octanol–water partition coefficient (Wildman–Crippen LogP) is 0.632. The van der Waals surface area contributed by atoms with Gasteiger partial charge >= 0.3 is 0 Å². The lowest BCUT2D eigenvalue weighted by Crippen LogP contribution is -2.45. The summed E-state index contributed by atoms with van der Waals surface area (Å²) < 4.78 is 1.72. The molecule has 2 heterocycles. The van der Waals surface area contributed by atoms with Crippen LogP contribution in [0.2, 0.25) is 0 Å². The fraction of sp³-hybridized carbons (Fsp3) is 0.636. The molecule has 96 valence electrons. The van der Waals surface area contributed by atoms with Gasteiger partial charge < -0.3 is 10.6 Å². The summed E-state index contributed by atoms with van der Waals surface area (Å²) in [6.45, 7) is 3.82. The van der Waals surface area contributed by atoms with E-state index in [1.165, 1.54) is 0 Å². The second kappa shape index (κ2) is 6.02. The molecule has 0 aliphatic carbocycles. The third-order valence-electron chi connectivity index (χ3n) is 3.11. The van der Waals surface area contributed by atoms with Crippen LogP contribution in [0, 0.1) is 6.92 Å². The van der Waals surface area contributed by atoms with Gasteiger partial charge in [0, 0.05) is 25.3 Å². The van der Waals surface area contributed by atoms with E-state index in [-0.39, 0.29) is 24.4 Å². The van der Waals surface area contributed by atoms with Crippen LogP contribution in [-0.2, 0) is 7.05 Å². The Labute approximate surface area is 107 Å². The molecule has 1 aliphatic rings. The van der Waals surface area contributed by atoms with Gasteiger partial charge in [0.1, 0.15) is 0 Å². The zero-order valence-corrected chi connectivity index (χ0v) is 11.0. The van der Waals surface area contributed by atoms with E-state index in [2.05, 4.69) is 15.7 Å². The second-order valence-electron chi connectivity index (χ2n) is 4.28. The quantitative estimate of drug-likeness (QED) is 0.818. The zero-order valence-electron chi connectivity index (χ0n) is 10.2. The summed E-state index contributed by atoms with van der Waals surface area (Å²) in [5, 5.41) is 10.4. The predicted molar refractivity (Wildman–Crippen MR) is 68.6 cm³/mol. The Morgan fingerprint density at radius 3 is 2.94 bits per heavy atom. The summed E-state index contributed by atoms with van der Waals surface area (Å²) in [6, 6.07) is 0.251. The van der Waals surface area contributed by atoms with Gasteiger partial charge in [-0.25, -0.2) is 0 Å². The fourth-order valence-corrected chi connectivity index (χ4v) is 1.96. The monoisotopic (exact) mass is 258 g/mol. The maximum absolute atomic E-state index is 12.0. The van der Waals surface area contributed by atoms with Crippen molar-refractivity contribution in [1.29, 1.82) is 0 Å². The van der Waals surface area contributed by atoms with Crippen molar-refractivity contribution >= 4 is 18.3 Å². The van der Waals surface area contributed by atoms with Crippen molar-refractivity contribution < 1.29 is 4.79 Å². The molecule has 0 aromatic carbocycles. The molecular formula is C11H19ClN4O. The van der Waals surface area contributed by atoms with Gasteiger partial charge in [0.15, 0.2) is 0 Å². The first-order chi connectivity index (χ1) is 7.68. The second-order valence-corrected chi connectivity index (χ2v) is 4.28. The lowest BCUT2D eigenvalue weighted by Gasteiger charge is -2.23. The van der Waals surface area contributed by atoms with E-state index in [0.717, 1.165) is 31.6 Å². The van der Waals surface area contributed by atoms with Gasteiger partial charge in [-0.15, -0.1) is 12.4 Å². The lowest BCUT2D eigenvalue weighted by molar-refractivity contribution is 0.0930. The molecule has 17 heavy (non-hydrogen) atoms. The van der Waals surface area contributed by atoms with Crippen molar-refractivity contribution in [3.63, 3.8) is 0 Å². The van der Waals surface area contributed by atoms with Crippen LogP contribution in [-0.4, -0.2) is 34.8 Å². The van der Waals surface area contributed by atoms with Crippen LogP contribution in [0.4, 0.5) is 0 Å². The number of hydrogen-bond donors (Lipinski definition) is 2. The smallest absolute Gasteiger partial charge is 0.255 e. The molecular weight excluding hydrogens is 240 g/mol. The highest BCUT2D eigenvalue weighted by molar-refractivity contribution is 5.95. The summed E-state index contributed by atoms with van der Waals surface area (Å²) in [6.07, 6.45) is 3.80. The van der Waals surface area contributed by atoms with E-state index in [9.17, 15) is 4.79 Å². The molecule has 0 saturated carbocycles. The minimum absolute atomic E-state index is 0. The third-order valence-corrected chi connectivity index (χ3v) is 3.11. The van der Waals surface area contributed by atoms with Crippen molar-refractivity contribution in [1.82, 2.24) is 20.4 Å². The fourth-order valence-electron chi connectivity index (χ4n) is 1.96. The highest BCUT2D eigenvalue weighted by Gasteiger charge is 2.18. The SMILES string of the molecule is Cc1c(C(=O)NC2CCCNC2)cnn1C.Cl. The summed E-state index contributed by atoms with van der Waals surface area (Å²) >= 11 is 0. The van der Waals surface area contributed by atoms with Crippen LogP contribution in [0.3, 0.4) is 0 Å². The van der Waals surface area contributed by atoms with Crippen LogP contribution in [0.15, 0.2) is 6.20 Å². The molecule has 1 saturated heterocycles. The molecule has 1 atom stereocenters. The minimum atomic E-state index is -0.0145. The molecule has 2 N–H and O–H groups in total. The molecule has 1 aromatic heterocycles. The van der Waals surface area contributed by atoms with Gasteiger partial charge in [0.25, 0.3) is 5.91 Å². The summed E-state index contributed by atoms with van der Waals surface area (Å²) in [4.78, 5) is 12.0. The number of aryl methyl sites for hydroxylation is 1. The molecule has 1 aromatic rings. The average molecular weight is 259 g/mol. The Morgan fingerprint density at radius 1 is 1.65 bits per heavy atom. The van der Waals surface area contributed by atoms with Crippen LogP contribution < -0.4 is 10.6 Å². The van der Waals surface area contributed by atoms with E-state index in [1.54, 1.807) is 10.9 Å². The number of halogens is 1. The highest BCUT2D eigenvalue weighted by atomic mass is 35.5. The first-order valence-corrected chi connectivity index (χ1v) is 5.68. The summed E-state index contributed by atoms with van der Waals surface area (Å²) in [7, 11) is 1.84. The first kappa shape index (κ1) is 14.0. The van der Waals surface area contributed by atoms with Crippen molar-refractivity contribution in [2.45, 2.75) is 25.8 Å². The van der Waals surface area contributed by atoms with E-state index in [0.29, 0.717) is 5.56 Å². The molecule has 5 nitrogen and oxygen atoms in total. The Hall–Kier alpha value is -1.07. The molecule has 2 rings (SSSR count). The van der Waals surface area contributed by atoms with Gasteiger partial charge in [-0.3, -0.25) is 9.48 Å². The standard InChI is InChI=1S/C11H18N4O.ClH/c1-8-10(7-13-15(8)2)11(16)14-9-4-3-5-12-6-9;/h7,9,12H,3-6H2,1-2H3,(H,14,16);1H. The van der Waals surface area contributed by atoms with Crippen LogP contribution >= 0.6 is 12.4 Å². The van der Waals surface area contributed by atoms with E-state index >= 15 is 0 Å². The summed E-state index contributed by atoms with van der Waals surface area (Å²) in [5.74, 6) is -0.0145. The number of hydrogen-bond acceptors (Lipinski definition) is 3. The minimum Gasteiger partial charge on any atom is -0.348 e. The van der Waals surface area contributed by atoms with Crippen molar-refractivity contribution in [2.75, 3.05) is 13.1 Å². The van der Waals surface area contributed by atoms with Gasteiger partial charge in [0.05, 0.1) is 11.8 Å². The number of amides is 1. The number of aromatic nitrogens is 2. The highest BCUT2D eigenvalue weighted by Crippen LogP contribution is 2.07. The molecule has 6 heteroatoms. The average Bonchev–Trinajstić information content (AvgIpc) is 2.61. The van der Waals surface area contributed by atoms with Crippen LogP contribution in [0.25, 0.3) is 0 Å². The topological polar surface area (TPSA) is 59.0 Å². The maximum atomic E-state index is 12.0. The largest absolute Gasteiger partial charge is 0.348 e. The molecule has 1 aliphatic heterocycles. The van der Waals surface area contributed by atoms with E-state index in [1.807, 2.05) is 14.0 Å². The molecule has 0 bridgehead atoms. The lowest BCUT2D eigenvalue weighted by atomic mass is 10.1. The van der Waals surface area contributed by atoms with Gasteiger partial charge in [-0.05, 0) is 26.3 Å². The molecule has 1 unspecified atom stereocenters. The van der Waals surface area contributed by atoms with E-state index in [4.69, 9.17) is 0 Å². The van der Waals surface area contributed by atoms with Gasteiger partial charge in [-0.2, -0.15) is 5.10 Å². The number of rotatable bonds is 2. The zero-order chi connectivity index (χ0) is 11.5. The number of nitrogens with zero attached hydrogens (tertiary/aromatic N) is 2. The maximum Gasteiger partial charge on any atom is 0.255 e. The number of piperidine rings is 1. The normalized spacial score (nSPS) is 19.5. The van der Waals surface area contributed by atoms with Gasteiger partial charge in [-0.1, -0.05) is 0 Å². The Kier molecular flexibility index (Phi) is 4.96. The number of carbonyl (C=O) groups excluding carboxylic acids is 1.